The minimum absolute atomic E-state index is 0.119. The first-order valence-electron chi connectivity index (χ1n) is 7.79. The molecule has 8 heteroatoms. The van der Waals surface area contributed by atoms with E-state index in [1.807, 2.05) is 37.3 Å². The highest BCUT2D eigenvalue weighted by Gasteiger charge is 2.18. The van der Waals surface area contributed by atoms with Gasteiger partial charge in [-0.25, -0.2) is 9.50 Å². The second-order valence-electron chi connectivity index (χ2n) is 5.48. The lowest BCUT2D eigenvalue weighted by Gasteiger charge is -2.15. The van der Waals surface area contributed by atoms with Gasteiger partial charge in [0, 0.05) is 18.9 Å². The number of aryl methyl sites for hydroxylation is 1. The fraction of sp³-hybridized carbons (Fsp3) is 0.294. The van der Waals surface area contributed by atoms with Gasteiger partial charge < -0.3 is 14.4 Å². The molecule has 0 fully saturated rings. The van der Waals surface area contributed by atoms with Gasteiger partial charge in [-0.3, -0.25) is 4.79 Å². The number of amides is 1. The van der Waals surface area contributed by atoms with Crippen molar-refractivity contribution in [2.45, 2.75) is 6.92 Å². The van der Waals surface area contributed by atoms with Crippen molar-refractivity contribution in [1.82, 2.24) is 24.5 Å². The van der Waals surface area contributed by atoms with E-state index in [-0.39, 0.29) is 11.7 Å². The van der Waals surface area contributed by atoms with Gasteiger partial charge >= 0.3 is 0 Å². The summed E-state index contributed by atoms with van der Waals surface area (Å²) < 4.78 is 12.3. The molecule has 0 radical (unpaired) electrons. The summed E-state index contributed by atoms with van der Waals surface area (Å²) >= 11 is 0. The molecule has 8 nitrogen and oxygen atoms in total. The summed E-state index contributed by atoms with van der Waals surface area (Å²) in [7, 11) is 3.30. The van der Waals surface area contributed by atoms with Crippen molar-refractivity contribution >= 4 is 11.7 Å². The van der Waals surface area contributed by atoms with E-state index in [4.69, 9.17) is 9.47 Å². The van der Waals surface area contributed by atoms with Gasteiger partial charge in [0.25, 0.3) is 11.7 Å². The molecule has 1 amide bonds. The second kappa shape index (κ2) is 7.16. The molecule has 0 atom stereocenters. The number of benzene rings is 1. The van der Waals surface area contributed by atoms with Crippen LogP contribution in [0.2, 0.25) is 0 Å². The van der Waals surface area contributed by atoms with Crippen molar-refractivity contribution in [2.75, 3.05) is 27.3 Å². The van der Waals surface area contributed by atoms with Crippen LogP contribution in [0.4, 0.5) is 0 Å². The van der Waals surface area contributed by atoms with E-state index < -0.39 is 0 Å². The quantitative estimate of drug-likeness (QED) is 0.677. The zero-order chi connectivity index (χ0) is 17.8. The Morgan fingerprint density at radius 2 is 1.92 bits per heavy atom. The molecule has 1 aromatic carbocycles. The number of hydrogen-bond acceptors (Lipinski definition) is 6. The first kappa shape index (κ1) is 16.7. The van der Waals surface area contributed by atoms with Gasteiger partial charge in [-0.15, -0.1) is 5.10 Å². The molecule has 130 valence electrons. The van der Waals surface area contributed by atoms with Gasteiger partial charge in [0.05, 0.1) is 13.7 Å². The minimum atomic E-state index is -0.275. The summed E-state index contributed by atoms with van der Waals surface area (Å²) in [6, 6.07) is 9.08. The van der Waals surface area contributed by atoms with E-state index in [2.05, 4.69) is 15.1 Å². The molecule has 0 aliphatic rings. The van der Waals surface area contributed by atoms with E-state index in [9.17, 15) is 4.79 Å². The molecule has 0 bridgehead atoms. The van der Waals surface area contributed by atoms with E-state index in [0.29, 0.717) is 24.7 Å². The van der Waals surface area contributed by atoms with Crippen LogP contribution in [0.1, 0.15) is 16.3 Å². The molecule has 0 N–H and O–H groups in total. The van der Waals surface area contributed by atoms with Crippen molar-refractivity contribution in [2.24, 2.45) is 0 Å². The molecule has 3 rings (SSSR count). The van der Waals surface area contributed by atoms with Crippen LogP contribution < -0.4 is 9.47 Å². The minimum Gasteiger partial charge on any atom is -0.497 e. The number of hydrogen-bond donors (Lipinski definition) is 0. The molecule has 3 aromatic rings. The summed E-state index contributed by atoms with van der Waals surface area (Å²) in [4.78, 5) is 22.2. The Morgan fingerprint density at radius 1 is 1.20 bits per heavy atom. The summed E-state index contributed by atoms with van der Waals surface area (Å²) in [6.07, 6.45) is 1.64. The van der Waals surface area contributed by atoms with Crippen molar-refractivity contribution in [3.8, 4) is 11.5 Å². The normalized spacial score (nSPS) is 10.7. The Hall–Kier alpha value is -3.16. The second-order valence-corrected chi connectivity index (χ2v) is 5.48. The van der Waals surface area contributed by atoms with Crippen LogP contribution >= 0.6 is 0 Å². The highest BCUT2D eigenvalue weighted by atomic mass is 16.5. The van der Waals surface area contributed by atoms with Crippen LogP contribution in [0.5, 0.6) is 11.5 Å². The summed E-state index contributed by atoms with van der Waals surface area (Å²) in [6.45, 7) is 2.65. The third-order valence-electron chi connectivity index (χ3n) is 3.72. The Bertz CT molecular complexity index is 876. The van der Waals surface area contributed by atoms with Crippen LogP contribution in [0.3, 0.4) is 0 Å². The topological polar surface area (TPSA) is 81.9 Å². The van der Waals surface area contributed by atoms with E-state index in [0.717, 1.165) is 11.4 Å². The first-order valence-corrected chi connectivity index (χ1v) is 7.79. The van der Waals surface area contributed by atoms with Crippen molar-refractivity contribution in [1.29, 1.82) is 0 Å². The molecule has 0 saturated heterocycles. The highest BCUT2D eigenvalue weighted by Crippen LogP contribution is 2.16. The number of nitrogens with zero attached hydrogens (tertiary/aromatic N) is 5. The number of fused-ring (bicyclic) bond motifs is 1. The third-order valence-corrected chi connectivity index (χ3v) is 3.72. The lowest BCUT2D eigenvalue weighted by molar-refractivity contribution is 0.0762. The van der Waals surface area contributed by atoms with E-state index >= 15 is 0 Å². The van der Waals surface area contributed by atoms with E-state index in [1.54, 1.807) is 24.9 Å². The molecule has 2 heterocycles. The highest BCUT2D eigenvalue weighted by molar-refractivity contribution is 5.90. The zero-order valence-electron chi connectivity index (χ0n) is 14.3. The van der Waals surface area contributed by atoms with Gasteiger partial charge in [-0.1, -0.05) is 0 Å². The fourth-order valence-electron chi connectivity index (χ4n) is 2.24. The van der Waals surface area contributed by atoms with Gasteiger partial charge in [0.1, 0.15) is 18.1 Å². The Morgan fingerprint density at radius 3 is 2.60 bits per heavy atom. The third kappa shape index (κ3) is 3.68. The van der Waals surface area contributed by atoms with Crippen molar-refractivity contribution in [3.63, 3.8) is 0 Å². The molecular formula is C17H19N5O3. The fourth-order valence-corrected chi connectivity index (χ4v) is 2.24. The lowest BCUT2D eigenvalue weighted by Crippen LogP contribution is -2.31. The average molecular weight is 341 g/mol. The summed E-state index contributed by atoms with van der Waals surface area (Å²) in [5.74, 6) is 1.73. The van der Waals surface area contributed by atoms with E-state index in [1.165, 1.54) is 4.90 Å². The van der Waals surface area contributed by atoms with Gasteiger partial charge in [-0.05, 0) is 37.3 Å². The maximum absolute atomic E-state index is 12.4. The molecule has 0 aliphatic heterocycles. The monoisotopic (exact) mass is 341 g/mol. The standard InChI is InChI=1S/C17H19N5O3/c1-12-8-9-18-17-19-15(20-22(12)17)16(23)21(2)10-11-25-14-6-4-13(24-3)5-7-14/h4-9H,10-11H2,1-3H3. The molecule has 0 unspecified atom stereocenters. The van der Waals surface area contributed by atoms with Crippen molar-refractivity contribution in [3.05, 3.63) is 48.0 Å². The Kier molecular flexibility index (Phi) is 4.78. The van der Waals surface area contributed by atoms with Gasteiger partial charge in [0.2, 0.25) is 5.82 Å². The molecule has 2 aromatic heterocycles. The molecule has 0 spiro atoms. The van der Waals surface area contributed by atoms with Gasteiger partial charge in [0.15, 0.2) is 0 Å². The smallest absolute Gasteiger partial charge is 0.293 e. The maximum atomic E-state index is 12.4. The number of aromatic nitrogens is 4. The average Bonchev–Trinajstić information content (AvgIpc) is 3.07. The van der Waals surface area contributed by atoms with Crippen molar-refractivity contribution < 1.29 is 14.3 Å². The van der Waals surface area contributed by atoms with Gasteiger partial charge in [-0.2, -0.15) is 4.98 Å². The predicted molar refractivity (Wildman–Crippen MR) is 91.0 cm³/mol. The molecule has 0 aliphatic carbocycles. The number of ether oxygens (including phenoxy) is 2. The van der Waals surface area contributed by atoms with Crippen LogP contribution in [0.25, 0.3) is 5.78 Å². The molecule has 25 heavy (non-hydrogen) atoms. The predicted octanol–water partition coefficient (Wildman–Crippen LogP) is 1.59. The van der Waals surface area contributed by atoms with Crippen LogP contribution in [0.15, 0.2) is 36.5 Å². The number of likely N-dealkylation sites (N-methyl/N-ethyl adjacent to an activating group) is 1. The first-order chi connectivity index (χ1) is 12.1. The van der Waals surface area contributed by atoms with Crippen LogP contribution in [-0.4, -0.2) is 57.7 Å². The van der Waals surface area contributed by atoms with Crippen LogP contribution in [-0.2, 0) is 0 Å². The summed E-state index contributed by atoms with van der Waals surface area (Å²) in [5.41, 5.74) is 0.863. The Labute approximate surface area is 145 Å². The molecular weight excluding hydrogens is 322 g/mol. The maximum Gasteiger partial charge on any atom is 0.293 e. The number of methoxy groups -OCH3 is 1. The largest absolute Gasteiger partial charge is 0.497 e. The number of carbonyl (C=O) groups is 1. The summed E-state index contributed by atoms with van der Waals surface area (Å²) in [5, 5.41) is 4.22. The van der Waals surface area contributed by atoms with Crippen LogP contribution in [0, 0.1) is 6.92 Å². The number of rotatable bonds is 6. The molecule has 0 saturated carbocycles. The Balaban J connectivity index is 1.58. The number of carbonyl (C=O) groups excluding carboxylic acids is 1. The zero-order valence-corrected chi connectivity index (χ0v) is 14.3. The lowest BCUT2D eigenvalue weighted by atomic mass is 10.3. The SMILES string of the molecule is COc1ccc(OCCN(C)C(=O)c2nc3nccc(C)n3n2)cc1.